The SMILES string of the molecule is CO.N#Cc1ccccc1-c1nc2cnc(-c3ncn[nH]3)cc2n1C1CCCC(NC(=O)c2ncc(Cl)s2)C1. The Kier molecular flexibility index (Phi) is 7.92. The number of imidazole rings is 1. The molecule has 1 amide bonds. The largest absolute Gasteiger partial charge is 0.400 e. The summed E-state index contributed by atoms with van der Waals surface area (Å²) in [6.07, 6.45) is 8.05. The standard InChI is InChI=1S/C25H20ClN9OS.CH4O/c26-21-12-29-25(37-21)24(36)32-15-5-3-6-16(8-15)35-20-9-18(22-30-13-31-34-22)28-11-19(20)33-23(35)17-7-2-1-4-14(17)10-27;1-2/h1-2,4,7,9,11-13,15-16H,3,5-6,8H2,(H,32,36)(H,30,31,34);2H,1H3. The van der Waals surface area contributed by atoms with E-state index in [1.54, 1.807) is 12.3 Å². The molecule has 2 unspecified atom stereocenters. The van der Waals surface area contributed by atoms with E-state index < -0.39 is 0 Å². The normalized spacial score (nSPS) is 16.8. The highest BCUT2D eigenvalue weighted by Crippen LogP contribution is 2.37. The summed E-state index contributed by atoms with van der Waals surface area (Å²) in [4.78, 5) is 30.6. The molecule has 1 saturated carbocycles. The van der Waals surface area contributed by atoms with Crippen LogP contribution < -0.4 is 5.32 Å². The van der Waals surface area contributed by atoms with E-state index in [1.807, 2.05) is 24.3 Å². The van der Waals surface area contributed by atoms with Crippen molar-refractivity contribution in [3.05, 3.63) is 64.0 Å². The van der Waals surface area contributed by atoms with Gasteiger partial charge in [0.1, 0.15) is 27.7 Å². The zero-order valence-corrected chi connectivity index (χ0v) is 22.4. The second-order valence-electron chi connectivity index (χ2n) is 8.82. The van der Waals surface area contributed by atoms with Gasteiger partial charge >= 0.3 is 0 Å². The first-order chi connectivity index (χ1) is 19.1. The Bertz CT molecular complexity index is 1640. The lowest BCUT2D eigenvalue weighted by Crippen LogP contribution is -2.39. The number of aromatic amines is 1. The van der Waals surface area contributed by atoms with Crippen molar-refractivity contribution in [1.82, 2.24) is 40.0 Å². The van der Waals surface area contributed by atoms with Crippen molar-refractivity contribution >= 4 is 39.9 Å². The minimum absolute atomic E-state index is 0.0376. The smallest absolute Gasteiger partial charge is 0.280 e. The number of fused-ring (bicyclic) bond motifs is 1. The van der Waals surface area contributed by atoms with Crippen LogP contribution in [0.5, 0.6) is 0 Å². The summed E-state index contributed by atoms with van der Waals surface area (Å²) in [6, 6.07) is 11.7. The molecular weight excluding hydrogens is 538 g/mol. The molecule has 1 aromatic carbocycles. The summed E-state index contributed by atoms with van der Waals surface area (Å²) in [5, 5.41) is 27.1. The van der Waals surface area contributed by atoms with E-state index in [1.165, 1.54) is 12.5 Å². The topological polar surface area (TPSA) is 158 Å². The molecule has 11 nitrogen and oxygen atoms in total. The average Bonchev–Trinajstić information content (AvgIpc) is 3.74. The summed E-state index contributed by atoms with van der Waals surface area (Å²) in [5.74, 6) is 1.04. The molecule has 0 radical (unpaired) electrons. The van der Waals surface area contributed by atoms with Gasteiger partial charge in [-0.15, -0.1) is 0 Å². The van der Waals surface area contributed by atoms with Crippen LogP contribution in [0.4, 0.5) is 0 Å². The number of H-pyrrole nitrogens is 1. The van der Waals surface area contributed by atoms with Crippen LogP contribution in [0.25, 0.3) is 33.9 Å². The molecule has 2 atom stereocenters. The third kappa shape index (κ3) is 5.37. The Morgan fingerprint density at radius 1 is 1.23 bits per heavy atom. The molecule has 6 rings (SSSR count). The number of carbonyl (C=O) groups excluding carboxylic acids is 1. The highest BCUT2D eigenvalue weighted by molar-refractivity contribution is 7.17. The molecule has 0 bridgehead atoms. The van der Waals surface area contributed by atoms with E-state index in [9.17, 15) is 10.1 Å². The summed E-state index contributed by atoms with van der Waals surface area (Å²) in [7, 11) is 1.00. The van der Waals surface area contributed by atoms with Crippen LogP contribution in [0, 0.1) is 11.3 Å². The van der Waals surface area contributed by atoms with Crippen molar-refractivity contribution in [2.45, 2.75) is 37.8 Å². The van der Waals surface area contributed by atoms with Gasteiger partial charge in [-0.25, -0.2) is 15.0 Å². The van der Waals surface area contributed by atoms with E-state index >= 15 is 0 Å². The van der Waals surface area contributed by atoms with Crippen LogP contribution >= 0.6 is 22.9 Å². The fourth-order valence-corrected chi connectivity index (χ4v) is 5.74. The van der Waals surface area contributed by atoms with E-state index in [0.717, 1.165) is 54.3 Å². The second kappa shape index (κ2) is 11.7. The first-order valence-electron chi connectivity index (χ1n) is 12.2. The lowest BCUT2D eigenvalue weighted by atomic mass is 9.90. The van der Waals surface area contributed by atoms with Crippen molar-refractivity contribution in [3.63, 3.8) is 0 Å². The Labute approximate surface area is 232 Å². The number of rotatable bonds is 5. The Morgan fingerprint density at radius 2 is 2.08 bits per heavy atom. The zero-order chi connectivity index (χ0) is 27.4. The summed E-state index contributed by atoms with van der Waals surface area (Å²) >= 11 is 7.14. The molecular formula is C26H24ClN9O2S. The molecule has 1 aliphatic carbocycles. The van der Waals surface area contributed by atoms with Crippen LogP contribution in [0.1, 0.15) is 47.1 Å². The van der Waals surface area contributed by atoms with E-state index in [4.69, 9.17) is 21.7 Å². The number of halogens is 1. The number of nitrogens with zero attached hydrogens (tertiary/aromatic N) is 7. The molecule has 1 aliphatic rings. The fraction of sp³-hybridized carbons (Fsp3) is 0.269. The first-order valence-corrected chi connectivity index (χ1v) is 13.4. The van der Waals surface area contributed by atoms with Crippen molar-refractivity contribution in [1.29, 1.82) is 5.26 Å². The number of carbonyl (C=O) groups is 1. The summed E-state index contributed by atoms with van der Waals surface area (Å²) in [6.45, 7) is 0. The Morgan fingerprint density at radius 3 is 2.82 bits per heavy atom. The molecule has 0 aliphatic heterocycles. The monoisotopic (exact) mass is 561 g/mol. The van der Waals surface area contributed by atoms with Gasteiger partial charge in [-0.2, -0.15) is 10.4 Å². The number of amides is 1. The van der Waals surface area contributed by atoms with E-state index in [-0.39, 0.29) is 18.0 Å². The van der Waals surface area contributed by atoms with Gasteiger partial charge in [0, 0.05) is 24.8 Å². The second-order valence-corrected chi connectivity index (χ2v) is 10.5. The lowest BCUT2D eigenvalue weighted by molar-refractivity contribution is 0.0920. The van der Waals surface area contributed by atoms with Crippen LogP contribution in [0.2, 0.25) is 4.34 Å². The number of nitriles is 1. The van der Waals surface area contributed by atoms with Crippen molar-refractivity contribution in [2.75, 3.05) is 7.11 Å². The van der Waals surface area contributed by atoms with Gasteiger partial charge in [-0.05, 0) is 43.9 Å². The molecule has 198 valence electrons. The highest BCUT2D eigenvalue weighted by atomic mass is 35.5. The average molecular weight is 562 g/mol. The molecule has 1 fully saturated rings. The van der Waals surface area contributed by atoms with Crippen molar-refractivity contribution in [2.24, 2.45) is 0 Å². The van der Waals surface area contributed by atoms with Crippen LogP contribution in [-0.2, 0) is 0 Å². The predicted molar refractivity (Wildman–Crippen MR) is 147 cm³/mol. The van der Waals surface area contributed by atoms with Crippen molar-refractivity contribution in [3.8, 4) is 29.0 Å². The number of benzene rings is 1. The molecule has 39 heavy (non-hydrogen) atoms. The van der Waals surface area contributed by atoms with Crippen LogP contribution in [-0.4, -0.2) is 58.9 Å². The maximum atomic E-state index is 12.8. The molecule has 4 heterocycles. The van der Waals surface area contributed by atoms with E-state index in [0.29, 0.717) is 38.7 Å². The third-order valence-electron chi connectivity index (χ3n) is 6.54. The van der Waals surface area contributed by atoms with Gasteiger partial charge in [-0.1, -0.05) is 35.1 Å². The number of pyridine rings is 1. The maximum absolute atomic E-state index is 12.8. The van der Waals surface area contributed by atoms with Gasteiger partial charge in [0.2, 0.25) is 0 Å². The van der Waals surface area contributed by atoms with Gasteiger partial charge < -0.3 is 15.0 Å². The van der Waals surface area contributed by atoms with Gasteiger partial charge in [0.25, 0.3) is 5.91 Å². The number of thiazole rings is 1. The minimum atomic E-state index is -0.218. The Hall–Kier alpha value is -4.18. The summed E-state index contributed by atoms with van der Waals surface area (Å²) in [5.41, 5.74) is 3.55. The van der Waals surface area contributed by atoms with E-state index in [2.05, 4.69) is 41.1 Å². The highest BCUT2D eigenvalue weighted by Gasteiger charge is 2.29. The zero-order valence-electron chi connectivity index (χ0n) is 20.9. The van der Waals surface area contributed by atoms with Crippen LogP contribution in [0.15, 0.2) is 49.1 Å². The maximum Gasteiger partial charge on any atom is 0.280 e. The minimum Gasteiger partial charge on any atom is -0.400 e. The molecule has 4 aromatic heterocycles. The summed E-state index contributed by atoms with van der Waals surface area (Å²) < 4.78 is 2.67. The van der Waals surface area contributed by atoms with Crippen molar-refractivity contribution < 1.29 is 9.90 Å². The third-order valence-corrected chi connectivity index (χ3v) is 7.65. The van der Waals surface area contributed by atoms with Gasteiger partial charge in [0.15, 0.2) is 10.8 Å². The molecule has 3 N–H and O–H groups in total. The first kappa shape index (κ1) is 26.4. The number of hydrogen-bond donors (Lipinski definition) is 3. The molecule has 13 heteroatoms. The predicted octanol–water partition coefficient (Wildman–Crippen LogP) is 4.39. The number of hydrogen-bond acceptors (Lipinski definition) is 9. The number of aromatic nitrogens is 7. The van der Waals surface area contributed by atoms with Gasteiger partial charge in [-0.3, -0.25) is 14.9 Å². The van der Waals surface area contributed by atoms with Crippen LogP contribution in [0.3, 0.4) is 0 Å². The quantitative estimate of drug-likeness (QED) is 0.285. The van der Waals surface area contributed by atoms with Gasteiger partial charge in [0.05, 0.1) is 29.5 Å². The molecule has 0 spiro atoms. The number of aliphatic hydroxyl groups excluding tert-OH is 1. The fourth-order valence-electron chi connectivity index (χ4n) is 4.93. The number of nitrogens with one attached hydrogen (secondary N) is 2. The molecule has 0 saturated heterocycles. The molecule has 5 aromatic rings. The lowest BCUT2D eigenvalue weighted by Gasteiger charge is -2.32. The Balaban J connectivity index is 0.00000151. The number of aliphatic hydroxyl groups is 1.